The SMILES string of the molecule is C[C@@H]1CN([C@H](C)CO)S(=O)(=O)c2ccc(-c3ccccc3)cc2O[C@@H]1CN(C)C(=O)C1CC1. The van der Waals surface area contributed by atoms with E-state index >= 15 is 0 Å². The Balaban J connectivity index is 1.76. The van der Waals surface area contributed by atoms with E-state index in [-0.39, 0.29) is 41.5 Å². The number of aliphatic hydroxyl groups excluding tert-OH is 1. The molecule has 0 bridgehead atoms. The molecule has 0 unspecified atom stereocenters. The molecule has 1 saturated carbocycles. The van der Waals surface area contributed by atoms with Crippen molar-refractivity contribution in [3.8, 4) is 16.9 Å². The number of rotatable bonds is 6. The quantitative estimate of drug-likeness (QED) is 0.699. The predicted octanol–water partition coefficient (Wildman–Crippen LogP) is 2.99. The number of benzene rings is 2. The van der Waals surface area contributed by atoms with E-state index in [0.29, 0.717) is 6.54 Å². The number of hydrogen-bond donors (Lipinski definition) is 1. The molecule has 1 aliphatic heterocycles. The zero-order chi connectivity index (χ0) is 23.8. The fourth-order valence-corrected chi connectivity index (χ4v) is 6.08. The van der Waals surface area contributed by atoms with Crippen LogP contribution in [0, 0.1) is 11.8 Å². The van der Waals surface area contributed by atoms with Crippen LogP contribution in [0.25, 0.3) is 11.1 Å². The van der Waals surface area contributed by atoms with Crippen LogP contribution < -0.4 is 4.74 Å². The van der Waals surface area contributed by atoms with Crippen LogP contribution >= 0.6 is 0 Å². The van der Waals surface area contributed by atoms with Crippen LogP contribution in [-0.2, 0) is 14.8 Å². The lowest BCUT2D eigenvalue weighted by Crippen LogP contribution is -2.50. The second-order valence-electron chi connectivity index (χ2n) is 9.26. The van der Waals surface area contributed by atoms with Gasteiger partial charge in [-0.25, -0.2) is 8.42 Å². The Morgan fingerprint density at radius 2 is 1.88 bits per heavy atom. The first kappa shape index (κ1) is 23.7. The summed E-state index contributed by atoms with van der Waals surface area (Å²) in [5.74, 6) is 0.286. The molecule has 1 fully saturated rings. The molecule has 7 nitrogen and oxygen atoms in total. The van der Waals surface area contributed by atoms with Gasteiger partial charge in [-0.1, -0.05) is 43.3 Å². The van der Waals surface area contributed by atoms with Gasteiger partial charge >= 0.3 is 0 Å². The monoisotopic (exact) mass is 472 g/mol. The van der Waals surface area contributed by atoms with Gasteiger partial charge in [0.15, 0.2) is 0 Å². The highest BCUT2D eigenvalue weighted by Gasteiger charge is 2.39. The van der Waals surface area contributed by atoms with Crippen LogP contribution in [-0.4, -0.2) is 67.5 Å². The Bertz CT molecular complexity index is 1100. The summed E-state index contributed by atoms with van der Waals surface area (Å²) < 4.78 is 34.9. The predicted molar refractivity (Wildman–Crippen MR) is 126 cm³/mol. The van der Waals surface area contributed by atoms with Gasteiger partial charge in [0.2, 0.25) is 15.9 Å². The van der Waals surface area contributed by atoms with Crippen molar-refractivity contribution in [1.29, 1.82) is 0 Å². The maximum absolute atomic E-state index is 13.6. The Kier molecular flexibility index (Phi) is 6.79. The summed E-state index contributed by atoms with van der Waals surface area (Å²) in [6, 6.07) is 14.2. The van der Waals surface area contributed by atoms with Crippen molar-refractivity contribution in [2.45, 2.75) is 43.7 Å². The van der Waals surface area contributed by atoms with Gasteiger partial charge in [-0.3, -0.25) is 4.79 Å². The molecule has 2 aromatic carbocycles. The average Bonchev–Trinajstić information content (AvgIpc) is 3.66. The van der Waals surface area contributed by atoms with Crippen molar-refractivity contribution in [2.24, 2.45) is 11.8 Å². The van der Waals surface area contributed by atoms with Gasteiger partial charge in [0.1, 0.15) is 16.7 Å². The third kappa shape index (κ3) is 4.93. The first-order valence-corrected chi connectivity index (χ1v) is 12.9. The molecule has 2 aliphatic rings. The van der Waals surface area contributed by atoms with Crippen LogP contribution in [0.15, 0.2) is 53.4 Å². The molecule has 1 aliphatic carbocycles. The molecule has 1 N–H and O–H groups in total. The number of ether oxygens (including phenoxy) is 1. The molecule has 3 atom stereocenters. The molecule has 4 rings (SSSR count). The molecular weight excluding hydrogens is 440 g/mol. The lowest BCUT2D eigenvalue weighted by molar-refractivity contribution is -0.132. The maximum atomic E-state index is 13.6. The fraction of sp³-hybridized carbons (Fsp3) is 0.480. The average molecular weight is 473 g/mol. The fourth-order valence-electron chi connectivity index (χ4n) is 4.26. The minimum atomic E-state index is -3.89. The van der Waals surface area contributed by atoms with E-state index in [1.165, 1.54) is 4.31 Å². The van der Waals surface area contributed by atoms with Crippen LogP contribution in [0.5, 0.6) is 5.75 Å². The van der Waals surface area contributed by atoms with Crippen molar-refractivity contribution in [3.05, 3.63) is 48.5 Å². The van der Waals surface area contributed by atoms with Gasteiger partial charge in [-0.15, -0.1) is 0 Å². The van der Waals surface area contributed by atoms with E-state index in [2.05, 4.69) is 0 Å². The van der Waals surface area contributed by atoms with Crippen LogP contribution in [0.4, 0.5) is 0 Å². The van der Waals surface area contributed by atoms with Crippen LogP contribution in [0.3, 0.4) is 0 Å². The van der Waals surface area contributed by atoms with Crippen molar-refractivity contribution in [2.75, 3.05) is 26.7 Å². The Labute approximate surface area is 196 Å². The Morgan fingerprint density at radius 3 is 2.52 bits per heavy atom. The zero-order valence-electron chi connectivity index (χ0n) is 19.3. The Morgan fingerprint density at radius 1 is 1.18 bits per heavy atom. The first-order chi connectivity index (χ1) is 15.7. The van der Waals surface area contributed by atoms with E-state index in [1.807, 2.05) is 37.3 Å². The second-order valence-corrected chi connectivity index (χ2v) is 11.1. The number of aliphatic hydroxyl groups is 1. The normalized spacial score (nSPS) is 23.5. The highest BCUT2D eigenvalue weighted by atomic mass is 32.2. The number of likely N-dealkylation sites (N-methyl/N-ethyl adjacent to an activating group) is 1. The van der Waals surface area contributed by atoms with Crippen molar-refractivity contribution >= 4 is 15.9 Å². The highest BCUT2D eigenvalue weighted by molar-refractivity contribution is 7.89. The zero-order valence-corrected chi connectivity index (χ0v) is 20.2. The summed E-state index contributed by atoms with van der Waals surface area (Å²) in [5, 5.41) is 9.77. The third-order valence-electron chi connectivity index (χ3n) is 6.53. The molecule has 2 aromatic rings. The van der Waals surface area contributed by atoms with E-state index in [1.54, 1.807) is 37.1 Å². The molecule has 178 valence electrons. The molecular formula is C25H32N2O5S. The van der Waals surface area contributed by atoms with Gasteiger partial charge in [0, 0.05) is 31.5 Å². The van der Waals surface area contributed by atoms with Gasteiger partial charge in [0.05, 0.1) is 13.2 Å². The van der Waals surface area contributed by atoms with E-state index in [9.17, 15) is 18.3 Å². The number of carbonyl (C=O) groups excluding carboxylic acids is 1. The summed E-state index contributed by atoms with van der Waals surface area (Å²) in [6.45, 7) is 3.91. The maximum Gasteiger partial charge on any atom is 0.247 e. The van der Waals surface area contributed by atoms with Crippen LogP contribution in [0.2, 0.25) is 0 Å². The molecule has 0 aromatic heterocycles. The van der Waals surface area contributed by atoms with Crippen molar-refractivity contribution in [3.63, 3.8) is 0 Å². The molecule has 0 spiro atoms. The molecule has 1 amide bonds. The van der Waals surface area contributed by atoms with Gasteiger partial charge in [-0.2, -0.15) is 4.31 Å². The molecule has 33 heavy (non-hydrogen) atoms. The standard InChI is InChI=1S/C25H32N2O5S/c1-17-14-27(18(2)16-28)33(30,31)24-12-11-21(19-7-5-4-6-8-19)13-22(24)32-23(17)15-26(3)25(29)20-9-10-20/h4-8,11-13,17-18,20,23,28H,9-10,14-16H2,1-3H3/t17-,18-,23-/m1/s1. The van der Waals surface area contributed by atoms with E-state index in [4.69, 9.17) is 4.74 Å². The number of fused-ring (bicyclic) bond motifs is 1. The highest BCUT2D eigenvalue weighted by Crippen LogP contribution is 2.37. The third-order valence-corrected chi connectivity index (χ3v) is 8.55. The summed E-state index contributed by atoms with van der Waals surface area (Å²) in [6.07, 6.45) is 1.45. The largest absolute Gasteiger partial charge is 0.487 e. The Hall–Kier alpha value is -2.42. The number of nitrogens with zero attached hydrogens (tertiary/aromatic N) is 2. The first-order valence-electron chi connectivity index (χ1n) is 11.5. The summed E-state index contributed by atoms with van der Waals surface area (Å²) in [7, 11) is -2.11. The smallest absolute Gasteiger partial charge is 0.247 e. The van der Waals surface area contributed by atoms with E-state index in [0.717, 1.165) is 24.0 Å². The number of amides is 1. The lowest BCUT2D eigenvalue weighted by atomic mass is 10.0. The number of sulfonamides is 1. The van der Waals surface area contributed by atoms with Gasteiger partial charge in [-0.05, 0) is 43.0 Å². The second kappa shape index (κ2) is 9.44. The topological polar surface area (TPSA) is 87.2 Å². The summed E-state index contributed by atoms with van der Waals surface area (Å²) >= 11 is 0. The lowest BCUT2D eigenvalue weighted by Gasteiger charge is -2.37. The molecule has 1 heterocycles. The van der Waals surface area contributed by atoms with E-state index < -0.39 is 22.2 Å². The minimum absolute atomic E-state index is 0.0792. The van der Waals surface area contributed by atoms with Crippen molar-refractivity contribution < 1.29 is 23.1 Å². The van der Waals surface area contributed by atoms with Crippen LogP contribution in [0.1, 0.15) is 26.7 Å². The summed E-state index contributed by atoms with van der Waals surface area (Å²) in [4.78, 5) is 14.4. The minimum Gasteiger partial charge on any atom is -0.487 e. The molecule has 0 saturated heterocycles. The molecule has 0 radical (unpaired) electrons. The van der Waals surface area contributed by atoms with Crippen molar-refractivity contribution in [1.82, 2.24) is 9.21 Å². The number of hydrogen-bond acceptors (Lipinski definition) is 5. The molecule has 8 heteroatoms. The van der Waals surface area contributed by atoms with Gasteiger partial charge < -0.3 is 14.7 Å². The summed E-state index contributed by atoms with van der Waals surface area (Å²) in [5.41, 5.74) is 1.80. The number of carbonyl (C=O) groups is 1. The van der Waals surface area contributed by atoms with Gasteiger partial charge in [0.25, 0.3) is 0 Å².